The number of nitrogens with one attached hydrogen (secondary N) is 2. The van der Waals surface area contributed by atoms with E-state index in [1.54, 1.807) is 7.11 Å². The Morgan fingerprint density at radius 1 is 1.11 bits per heavy atom. The average Bonchev–Trinajstić information content (AvgIpc) is 2.85. The second-order valence-electron chi connectivity index (χ2n) is 10.7. The minimum absolute atomic E-state index is 0.0144. The number of ether oxygens (including phenoxy) is 2. The van der Waals surface area contributed by atoms with Crippen molar-refractivity contribution in [2.75, 3.05) is 20.3 Å². The van der Waals surface area contributed by atoms with Gasteiger partial charge in [0.15, 0.2) is 0 Å². The third-order valence-corrected chi connectivity index (χ3v) is 8.50. The van der Waals surface area contributed by atoms with Crippen LogP contribution in [0.2, 0.25) is 0 Å². The van der Waals surface area contributed by atoms with Gasteiger partial charge in [0.25, 0.3) is 0 Å². The molecule has 6 atom stereocenters. The Hall–Kier alpha value is -2.32. The fourth-order valence-corrected chi connectivity index (χ4v) is 6.39. The van der Waals surface area contributed by atoms with Crippen molar-refractivity contribution >= 4 is 12.0 Å². The molecule has 0 heterocycles. The van der Waals surface area contributed by atoms with Gasteiger partial charge in [-0.15, -0.1) is 0 Å². The van der Waals surface area contributed by atoms with Crippen LogP contribution >= 0.6 is 0 Å². The van der Waals surface area contributed by atoms with Crippen molar-refractivity contribution in [1.29, 1.82) is 0 Å². The first-order valence-corrected chi connectivity index (χ1v) is 12.8. The summed E-state index contributed by atoms with van der Waals surface area (Å²) in [6.07, 6.45) is 2.15. The van der Waals surface area contributed by atoms with Crippen LogP contribution in [-0.4, -0.2) is 54.7 Å². The molecule has 2 fully saturated rings. The van der Waals surface area contributed by atoms with E-state index in [-0.39, 0.29) is 36.2 Å². The molecule has 2 aliphatic carbocycles. The summed E-state index contributed by atoms with van der Waals surface area (Å²) in [7, 11) is 1.61. The maximum atomic E-state index is 12.9. The Labute approximate surface area is 208 Å². The lowest BCUT2D eigenvalue weighted by Crippen LogP contribution is -2.61. The van der Waals surface area contributed by atoms with Crippen molar-refractivity contribution in [1.82, 2.24) is 10.6 Å². The quantitative estimate of drug-likeness (QED) is 0.422. The predicted molar refractivity (Wildman–Crippen MR) is 133 cm³/mol. The van der Waals surface area contributed by atoms with Crippen LogP contribution in [0.4, 0.5) is 4.79 Å². The number of fused-ring (bicyclic) bond motifs is 1. The largest absolute Gasteiger partial charge is 0.497 e. The normalized spacial score (nSPS) is 32.3. The predicted octanol–water partition coefficient (Wildman–Crippen LogP) is 3.39. The number of rotatable bonds is 9. The maximum absolute atomic E-state index is 12.9. The van der Waals surface area contributed by atoms with Gasteiger partial charge in [0.05, 0.1) is 19.8 Å². The van der Waals surface area contributed by atoms with E-state index in [0.717, 1.165) is 24.2 Å². The number of alkyl carbamates (subject to hydrolysis) is 1. The lowest BCUT2D eigenvalue weighted by atomic mass is 9.46. The first-order valence-electron chi connectivity index (χ1n) is 12.8. The van der Waals surface area contributed by atoms with Crippen LogP contribution in [0.25, 0.3) is 0 Å². The molecule has 0 bridgehead atoms. The molecule has 0 unspecified atom stereocenters. The van der Waals surface area contributed by atoms with Crippen molar-refractivity contribution in [2.45, 2.75) is 78.0 Å². The molecule has 8 heteroatoms. The Bertz CT molecular complexity index is 862. The lowest BCUT2D eigenvalue weighted by molar-refractivity contribution is -0.186. The highest BCUT2D eigenvalue weighted by Crippen LogP contribution is 2.61. The van der Waals surface area contributed by atoms with Crippen LogP contribution in [0, 0.1) is 22.7 Å². The van der Waals surface area contributed by atoms with Gasteiger partial charge < -0.3 is 30.3 Å². The van der Waals surface area contributed by atoms with Gasteiger partial charge in [-0.2, -0.15) is 0 Å². The fourth-order valence-electron chi connectivity index (χ4n) is 6.39. The van der Waals surface area contributed by atoms with E-state index < -0.39 is 23.7 Å². The molecule has 0 radical (unpaired) electrons. The van der Waals surface area contributed by atoms with Gasteiger partial charge in [0.1, 0.15) is 11.9 Å². The molecule has 1 aromatic rings. The molecule has 0 aromatic heterocycles. The van der Waals surface area contributed by atoms with E-state index >= 15 is 0 Å². The van der Waals surface area contributed by atoms with Gasteiger partial charge in [-0.1, -0.05) is 32.9 Å². The minimum atomic E-state index is -0.644. The molecule has 1 aromatic carbocycles. The van der Waals surface area contributed by atoms with Crippen LogP contribution < -0.4 is 15.4 Å². The molecular formula is C27H42N2O6. The molecule has 0 saturated heterocycles. The topological polar surface area (TPSA) is 117 Å². The number of aliphatic hydroxyl groups is 2. The number of hydrogen-bond donors (Lipinski definition) is 4. The molecule has 35 heavy (non-hydrogen) atoms. The third-order valence-electron chi connectivity index (χ3n) is 8.50. The molecule has 4 N–H and O–H groups in total. The van der Waals surface area contributed by atoms with Crippen LogP contribution in [0.15, 0.2) is 24.3 Å². The average molecular weight is 491 g/mol. The van der Waals surface area contributed by atoms with E-state index in [1.807, 2.05) is 38.1 Å². The monoisotopic (exact) mass is 490 g/mol. The van der Waals surface area contributed by atoms with Crippen LogP contribution in [0.3, 0.4) is 0 Å². The summed E-state index contributed by atoms with van der Waals surface area (Å²) in [4.78, 5) is 25.2. The van der Waals surface area contributed by atoms with Gasteiger partial charge in [-0.3, -0.25) is 4.79 Å². The number of benzene rings is 1. The van der Waals surface area contributed by atoms with Crippen LogP contribution in [0.5, 0.6) is 5.75 Å². The molecule has 2 aliphatic rings. The Morgan fingerprint density at radius 3 is 2.46 bits per heavy atom. The molecular weight excluding hydrogens is 448 g/mol. The van der Waals surface area contributed by atoms with Gasteiger partial charge >= 0.3 is 6.09 Å². The summed E-state index contributed by atoms with van der Waals surface area (Å²) in [5.41, 5.74) is -0.0276. The molecule has 0 aliphatic heterocycles. The minimum Gasteiger partial charge on any atom is -0.497 e. The number of amides is 2. The highest BCUT2D eigenvalue weighted by Gasteiger charge is 2.60. The van der Waals surface area contributed by atoms with E-state index in [0.29, 0.717) is 32.4 Å². The Morgan fingerprint density at radius 2 is 1.83 bits per heavy atom. The maximum Gasteiger partial charge on any atom is 0.407 e. The molecule has 3 rings (SSSR count). The van der Waals surface area contributed by atoms with Gasteiger partial charge in [-0.05, 0) is 67.1 Å². The highest BCUT2D eigenvalue weighted by atomic mass is 16.6. The van der Waals surface area contributed by atoms with E-state index in [4.69, 9.17) is 9.47 Å². The fraction of sp³-hybridized carbons (Fsp3) is 0.704. The Balaban J connectivity index is 1.69. The van der Waals surface area contributed by atoms with Crippen molar-refractivity contribution in [2.24, 2.45) is 22.7 Å². The zero-order valence-corrected chi connectivity index (χ0v) is 21.5. The molecule has 2 saturated carbocycles. The number of aliphatic hydroxyl groups excluding tert-OH is 2. The smallest absolute Gasteiger partial charge is 0.407 e. The van der Waals surface area contributed by atoms with Gasteiger partial charge in [-0.25, -0.2) is 4.79 Å². The summed E-state index contributed by atoms with van der Waals surface area (Å²) < 4.78 is 11.0. The summed E-state index contributed by atoms with van der Waals surface area (Å²) in [5.74, 6) is 0.437. The lowest BCUT2D eigenvalue weighted by Gasteiger charge is -2.60. The number of methoxy groups -OCH3 is 1. The van der Waals surface area contributed by atoms with Gasteiger partial charge in [0, 0.05) is 24.9 Å². The highest BCUT2D eigenvalue weighted by molar-refractivity contribution is 5.76. The summed E-state index contributed by atoms with van der Waals surface area (Å²) >= 11 is 0. The SMILES string of the molecule is CCCNC(=O)O[C@@H]1CC[C@]2(C)[C@@H](CC[C@@H](O)[C@H]2CC(=O)NCc2ccc(OC)cc2)[C@]1(C)CO. The summed E-state index contributed by atoms with van der Waals surface area (Å²) in [5, 5.41) is 27.2. The van der Waals surface area contributed by atoms with E-state index in [2.05, 4.69) is 17.6 Å². The van der Waals surface area contributed by atoms with Crippen molar-refractivity contribution in [3.63, 3.8) is 0 Å². The third kappa shape index (κ3) is 5.92. The first kappa shape index (κ1) is 27.3. The number of hydrogen-bond acceptors (Lipinski definition) is 6. The van der Waals surface area contributed by atoms with Crippen molar-refractivity contribution in [3.05, 3.63) is 29.8 Å². The zero-order chi connectivity index (χ0) is 25.6. The van der Waals surface area contributed by atoms with E-state index in [1.165, 1.54) is 0 Å². The van der Waals surface area contributed by atoms with E-state index in [9.17, 15) is 19.8 Å². The summed E-state index contributed by atoms with van der Waals surface area (Å²) in [6.45, 7) is 6.91. The van der Waals surface area contributed by atoms with Crippen LogP contribution in [0.1, 0.15) is 64.9 Å². The number of carbonyl (C=O) groups excluding carboxylic acids is 2. The van der Waals surface area contributed by atoms with Crippen molar-refractivity contribution in [3.8, 4) is 5.75 Å². The van der Waals surface area contributed by atoms with Crippen LogP contribution in [-0.2, 0) is 16.1 Å². The molecule has 2 amide bonds. The number of carbonyl (C=O) groups is 2. The second kappa shape index (κ2) is 11.6. The standard InChI is InChI=1S/C27H42N2O6/c1-5-14-28-25(33)35-23-12-13-26(2)20(21(31)10-11-22(26)27(23,3)17-30)15-24(32)29-16-18-6-8-19(34-4)9-7-18/h6-9,20-23,30-31H,5,10-17H2,1-4H3,(H,28,33)(H,29,32)/t20-,21-,22-,23-,26+,27+/m1/s1. The zero-order valence-electron chi connectivity index (χ0n) is 21.5. The molecule has 196 valence electrons. The Kier molecular flexibility index (Phi) is 9.05. The van der Waals surface area contributed by atoms with Gasteiger partial charge in [0.2, 0.25) is 5.91 Å². The second-order valence-corrected chi connectivity index (χ2v) is 10.7. The molecule has 8 nitrogen and oxygen atoms in total. The van der Waals surface area contributed by atoms with Crippen molar-refractivity contribution < 1.29 is 29.3 Å². The molecule has 0 spiro atoms. The summed E-state index contributed by atoms with van der Waals surface area (Å²) in [6, 6.07) is 7.54. The first-order chi connectivity index (χ1) is 16.7.